The van der Waals surface area contributed by atoms with Crippen molar-refractivity contribution in [2.75, 3.05) is 6.61 Å². The second kappa shape index (κ2) is 8.37. The van der Waals surface area contributed by atoms with Crippen LogP contribution in [0.4, 0.5) is 0 Å². The Bertz CT molecular complexity index is 454. The van der Waals surface area contributed by atoms with Crippen molar-refractivity contribution in [2.24, 2.45) is 0 Å². The molecule has 18 heavy (non-hydrogen) atoms. The molecular weight excluding hydrogens is 244 g/mol. The average molecular weight is 260 g/mol. The molecule has 0 fully saturated rings. The van der Waals surface area contributed by atoms with Gasteiger partial charge in [0.05, 0.1) is 12.2 Å². The van der Waals surface area contributed by atoms with Gasteiger partial charge in [-0.05, 0) is 31.2 Å². The molecular formula is C15H16O2S. The van der Waals surface area contributed by atoms with Gasteiger partial charge in [0, 0.05) is 4.90 Å². The molecule has 2 aromatic carbocycles. The van der Waals surface area contributed by atoms with Gasteiger partial charge in [0.25, 0.3) is 0 Å². The molecule has 0 saturated carbocycles. The van der Waals surface area contributed by atoms with E-state index in [0.717, 1.165) is 4.90 Å². The summed E-state index contributed by atoms with van der Waals surface area (Å²) in [5.41, 5.74) is 0.606. The summed E-state index contributed by atoms with van der Waals surface area (Å²) < 4.78 is 4.79. The Morgan fingerprint density at radius 2 is 1.50 bits per heavy atom. The lowest BCUT2D eigenvalue weighted by Crippen LogP contribution is -2.03. The summed E-state index contributed by atoms with van der Waals surface area (Å²) in [6.45, 7) is 2.22. The normalized spacial score (nSPS) is 9.00. The van der Waals surface area contributed by atoms with Crippen LogP contribution in [0.3, 0.4) is 0 Å². The lowest BCUT2D eigenvalue weighted by molar-refractivity contribution is 0.0526. The summed E-state index contributed by atoms with van der Waals surface area (Å²) >= 11 is 4.08. The molecule has 0 bridgehead atoms. The van der Waals surface area contributed by atoms with E-state index in [4.69, 9.17) is 4.74 Å². The number of thiol groups is 1. The van der Waals surface area contributed by atoms with E-state index in [0.29, 0.717) is 12.2 Å². The van der Waals surface area contributed by atoms with Crippen LogP contribution in [0.2, 0.25) is 0 Å². The van der Waals surface area contributed by atoms with Crippen molar-refractivity contribution in [3.63, 3.8) is 0 Å². The molecule has 0 amide bonds. The lowest BCUT2D eigenvalue weighted by atomic mass is 10.2. The highest BCUT2D eigenvalue weighted by molar-refractivity contribution is 7.80. The van der Waals surface area contributed by atoms with E-state index in [1.165, 1.54) is 0 Å². The predicted octanol–water partition coefficient (Wildman–Crippen LogP) is 3.84. The number of carbonyl (C=O) groups excluding carboxylic acids is 1. The van der Waals surface area contributed by atoms with Gasteiger partial charge in [-0.2, -0.15) is 0 Å². The van der Waals surface area contributed by atoms with Crippen molar-refractivity contribution in [3.8, 4) is 0 Å². The zero-order chi connectivity index (χ0) is 13.2. The molecule has 0 aliphatic rings. The van der Waals surface area contributed by atoms with Crippen LogP contribution in [0, 0.1) is 0 Å². The first-order valence-corrected chi connectivity index (χ1v) is 6.15. The van der Waals surface area contributed by atoms with E-state index in [1.807, 2.05) is 48.5 Å². The van der Waals surface area contributed by atoms with Crippen molar-refractivity contribution in [3.05, 3.63) is 66.2 Å². The van der Waals surface area contributed by atoms with Crippen LogP contribution in [0.15, 0.2) is 65.6 Å². The van der Waals surface area contributed by atoms with Gasteiger partial charge in [-0.1, -0.05) is 36.4 Å². The molecule has 2 nitrogen and oxygen atoms in total. The monoisotopic (exact) mass is 260 g/mol. The highest BCUT2D eigenvalue weighted by Gasteiger charge is 2.02. The molecule has 0 saturated heterocycles. The van der Waals surface area contributed by atoms with E-state index < -0.39 is 0 Å². The maximum absolute atomic E-state index is 11.0. The third-order valence-electron chi connectivity index (χ3n) is 2.04. The number of hydrogen-bond donors (Lipinski definition) is 1. The fourth-order valence-electron chi connectivity index (χ4n) is 1.22. The second-order valence-corrected chi connectivity index (χ2v) is 3.94. The van der Waals surface area contributed by atoms with Gasteiger partial charge >= 0.3 is 5.97 Å². The van der Waals surface area contributed by atoms with Crippen molar-refractivity contribution in [1.29, 1.82) is 0 Å². The van der Waals surface area contributed by atoms with Crippen molar-refractivity contribution in [1.82, 2.24) is 0 Å². The Labute approximate surface area is 113 Å². The van der Waals surface area contributed by atoms with Gasteiger partial charge in [0.1, 0.15) is 0 Å². The Balaban J connectivity index is 0.000000199. The van der Waals surface area contributed by atoms with E-state index in [-0.39, 0.29) is 5.97 Å². The van der Waals surface area contributed by atoms with Crippen LogP contribution in [0.5, 0.6) is 0 Å². The number of hydrogen-bond acceptors (Lipinski definition) is 3. The zero-order valence-corrected chi connectivity index (χ0v) is 11.1. The molecule has 0 aromatic heterocycles. The molecule has 0 spiro atoms. The molecule has 0 N–H and O–H groups in total. The summed E-state index contributed by atoms with van der Waals surface area (Å²) in [6, 6.07) is 18.7. The van der Waals surface area contributed by atoms with Gasteiger partial charge in [-0.3, -0.25) is 0 Å². The first-order valence-electron chi connectivity index (χ1n) is 5.70. The minimum atomic E-state index is -0.256. The highest BCUT2D eigenvalue weighted by atomic mass is 32.1. The summed E-state index contributed by atoms with van der Waals surface area (Å²) in [7, 11) is 0. The van der Waals surface area contributed by atoms with Crippen molar-refractivity contribution < 1.29 is 9.53 Å². The fraction of sp³-hybridized carbons (Fsp3) is 0.133. The van der Waals surface area contributed by atoms with Crippen molar-refractivity contribution >= 4 is 18.6 Å². The Morgan fingerprint density at radius 3 is 1.89 bits per heavy atom. The Kier molecular flexibility index (Phi) is 6.66. The van der Waals surface area contributed by atoms with Gasteiger partial charge < -0.3 is 4.74 Å². The molecule has 0 aliphatic heterocycles. The maximum atomic E-state index is 11.0. The zero-order valence-electron chi connectivity index (χ0n) is 10.2. The van der Waals surface area contributed by atoms with E-state index in [9.17, 15) is 4.79 Å². The SMILES string of the molecule is CCOC(=O)c1ccccc1.Sc1ccccc1. The largest absolute Gasteiger partial charge is 0.462 e. The topological polar surface area (TPSA) is 26.3 Å². The molecule has 0 aliphatic carbocycles. The van der Waals surface area contributed by atoms with Crippen LogP contribution >= 0.6 is 12.6 Å². The number of ether oxygens (including phenoxy) is 1. The lowest BCUT2D eigenvalue weighted by Gasteiger charge is -1.99. The van der Waals surface area contributed by atoms with Crippen LogP contribution in [0.1, 0.15) is 17.3 Å². The minimum Gasteiger partial charge on any atom is -0.462 e. The van der Waals surface area contributed by atoms with Crippen LogP contribution in [-0.2, 0) is 4.74 Å². The van der Waals surface area contributed by atoms with Crippen LogP contribution < -0.4 is 0 Å². The van der Waals surface area contributed by atoms with E-state index >= 15 is 0 Å². The smallest absolute Gasteiger partial charge is 0.338 e. The minimum absolute atomic E-state index is 0.256. The Morgan fingerprint density at radius 1 is 1.00 bits per heavy atom. The van der Waals surface area contributed by atoms with Gasteiger partial charge in [-0.15, -0.1) is 12.6 Å². The average Bonchev–Trinajstić information content (AvgIpc) is 2.42. The number of esters is 1. The summed E-state index contributed by atoms with van der Waals surface area (Å²) in [5.74, 6) is -0.256. The summed E-state index contributed by atoms with van der Waals surface area (Å²) in [4.78, 5) is 12.0. The molecule has 0 heterocycles. The molecule has 3 heteroatoms. The third kappa shape index (κ3) is 5.55. The maximum Gasteiger partial charge on any atom is 0.338 e. The first kappa shape index (κ1) is 14.3. The number of benzene rings is 2. The second-order valence-electron chi connectivity index (χ2n) is 3.42. The van der Waals surface area contributed by atoms with Crippen molar-refractivity contribution in [2.45, 2.75) is 11.8 Å². The standard InChI is InChI=1S/C9H10O2.C6H6S/c1-2-11-9(10)8-6-4-3-5-7-8;7-6-4-2-1-3-5-6/h3-7H,2H2,1H3;1-5,7H. The van der Waals surface area contributed by atoms with Gasteiger partial charge in [0.2, 0.25) is 0 Å². The highest BCUT2D eigenvalue weighted by Crippen LogP contribution is 2.01. The quantitative estimate of drug-likeness (QED) is 0.656. The molecule has 2 aromatic rings. The number of rotatable bonds is 2. The summed E-state index contributed by atoms with van der Waals surface area (Å²) in [6.07, 6.45) is 0. The molecule has 0 unspecified atom stereocenters. The van der Waals surface area contributed by atoms with E-state index in [2.05, 4.69) is 12.6 Å². The molecule has 2 rings (SSSR count). The first-order chi connectivity index (χ1) is 8.74. The van der Waals surface area contributed by atoms with Crippen LogP contribution in [0.25, 0.3) is 0 Å². The summed E-state index contributed by atoms with van der Waals surface area (Å²) in [5, 5.41) is 0. The molecule has 0 radical (unpaired) electrons. The van der Waals surface area contributed by atoms with Gasteiger partial charge in [-0.25, -0.2) is 4.79 Å². The fourth-order valence-corrected chi connectivity index (χ4v) is 1.39. The number of carbonyl (C=O) groups is 1. The van der Waals surface area contributed by atoms with Gasteiger partial charge in [0.15, 0.2) is 0 Å². The van der Waals surface area contributed by atoms with Crippen LogP contribution in [-0.4, -0.2) is 12.6 Å². The van der Waals surface area contributed by atoms with E-state index in [1.54, 1.807) is 19.1 Å². The molecule has 94 valence electrons. The predicted molar refractivity (Wildman–Crippen MR) is 76.1 cm³/mol. The third-order valence-corrected chi connectivity index (χ3v) is 2.34. The molecule has 0 atom stereocenters. The Hall–Kier alpha value is -1.74.